The number of carbonyl (C=O) groups excluding carboxylic acids is 1. The zero-order valence-electron chi connectivity index (χ0n) is 18.4. The molecule has 1 aliphatic carbocycles. The van der Waals surface area contributed by atoms with Crippen molar-refractivity contribution in [2.24, 2.45) is 5.92 Å². The molecule has 1 saturated carbocycles. The topological polar surface area (TPSA) is 103 Å². The summed E-state index contributed by atoms with van der Waals surface area (Å²) in [7, 11) is -3.63. The minimum atomic E-state index is -3.63. The van der Waals surface area contributed by atoms with Gasteiger partial charge in [-0.1, -0.05) is 0 Å². The SMILES string of the molecule is N#Cc1ccc(S(=O)(=O)NC2CCC(C(=O)N3CCN(C4CCOCC4)CC3)CC2)cc1. The summed E-state index contributed by atoms with van der Waals surface area (Å²) in [6.45, 7) is 5.08. The third-order valence-corrected chi connectivity index (χ3v) is 8.56. The summed E-state index contributed by atoms with van der Waals surface area (Å²) in [5.74, 6) is 0.213. The quantitative estimate of drug-likeness (QED) is 0.718. The van der Waals surface area contributed by atoms with E-state index in [9.17, 15) is 13.2 Å². The van der Waals surface area contributed by atoms with Gasteiger partial charge in [0, 0.05) is 57.4 Å². The molecule has 8 nitrogen and oxygen atoms in total. The van der Waals surface area contributed by atoms with E-state index in [-0.39, 0.29) is 22.8 Å². The molecule has 0 atom stereocenters. The number of amides is 1. The highest BCUT2D eigenvalue weighted by molar-refractivity contribution is 7.89. The van der Waals surface area contributed by atoms with E-state index in [1.807, 2.05) is 11.0 Å². The van der Waals surface area contributed by atoms with Crippen LogP contribution >= 0.6 is 0 Å². The van der Waals surface area contributed by atoms with E-state index < -0.39 is 10.0 Å². The normalized spacial score (nSPS) is 25.9. The molecule has 0 bridgehead atoms. The average molecular weight is 461 g/mol. The van der Waals surface area contributed by atoms with E-state index in [1.54, 1.807) is 0 Å². The first-order valence-electron chi connectivity index (χ1n) is 11.6. The second-order valence-electron chi connectivity index (χ2n) is 9.01. The Morgan fingerprint density at radius 1 is 0.969 bits per heavy atom. The van der Waals surface area contributed by atoms with Crippen LogP contribution in [0.15, 0.2) is 29.2 Å². The lowest BCUT2D eigenvalue weighted by Crippen LogP contribution is -2.54. The lowest BCUT2D eigenvalue weighted by Gasteiger charge is -2.42. The van der Waals surface area contributed by atoms with Crippen LogP contribution in [0.1, 0.15) is 44.1 Å². The van der Waals surface area contributed by atoms with E-state index in [1.165, 1.54) is 24.3 Å². The number of sulfonamides is 1. The fourth-order valence-electron chi connectivity index (χ4n) is 5.07. The van der Waals surface area contributed by atoms with Gasteiger partial charge in [0.2, 0.25) is 15.9 Å². The van der Waals surface area contributed by atoms with Crippen LogP contribution in [0.3, 0.4) is 0 Å². The van der Waals surface area contributed by atoms with Gasteiger partial charge in [0.25, 0.3) is 0 Å². The first-order chi connectivity index (χ1) is 15.5. The van der Waals surface area contributed by atoms with Crippen molar-refractivity contribution in [1.82, 2.24) is 14.5 Å². The minimum Gasteiger partial charge on any atom is -0.381 e. The van der Waals surface area contributed by atoms with Gasteiger partial charge in [-0.3, -0.25) is 9.69 Å². The maximum absolute atomic E-state index is 13.0. The molecule has 1 aromatic carbocycles. The van der Waals surface area contributed by atoms with Crippen molar-refractivity contribution < 1.29 is 17.9 Å². The molecule has 0 spiro atoms. The Morgan fingerprint density at radius 3 is 2.19 bits per heavy atom. The predicted molar refractivity (Wildman–Crippen MR) is 119 cm³/mol. The van der Waals surface area contributed by atoms with Crippen LogP contribution in [0.25, 0.3) is 0 Å². The Bertz CT molecular complexity index is 922. The fourth-order valence-corrected chi connectivity index (χ4v) is 6.38. The lowest BCUT2D eigenvalue weighted by atomic mass is 9.85. The maximum atomic E-state index is 13.0. The van der Waals surface area contributed by atoms with Crippen molar-refractivity contribution >= 4 is 15.9 Å². The molecule has 9 heteroatoms. The van der Waals surface area contributed by atoms with Crippen LogP contribution in [-0.4, -0.2) is 75.6 Å². The minimum absolute atomic E-state index is 0.0136. The van der Waals surface area contributed by atoms with Crippen molar-refractivity contribution in [2.75, 3.05) is 39.4 Å². The van der Waals surface area contributed by atoms with E-state index >= 15 is 0 Å². The highest BCUT2D eigenvalue weighted by Crippen LogP contribution is 2.28. The second kappa shape index (κ2) is 10.3. The zero-order chi connectivity index (χ0) is 22.6. The van der Waals surface area contributed by atoms with Crippen LogP contribution < -0.4 is 4.72 Å². The number of hydrogen-bond acceptors (Lipinski definition) is 6. The Labute approximate surface area is 190 Å². The monoisotopic (exact) mass is 460 g/mol. The molecule has 0 unspecified atom stereocenters. The number of nitriles is 1. The number of piperazine rings is 1. The Morgan fingerprint density at radius 2 is 1.59 bits per heavy atom. The van der Waals surface area contributed by atoms with E-state index in [4.69, 9.17) is 10.00 Å². The fraction of sp³-hybridized carbons (Fsp3) is 0.652. The van der Waals surface area contributed by atoms with E-state index in [0.29, 0.717) is 37.3 Å². The highest BCUT2D eigenvalue weighted by Gasteiger charge is 2.33. The largest absolute Gasteiger partial charge is 0.381 e. The highest BCUT2D eigenvalue weighted by atomic mass is 32.2. The van der Waals surface area contributed by atoms with Crippen molar-refractivity contribution in [3.05, 3.63) is 29.8 Å². The lowest BCUT2D eigenvalue weighted by molar-refractivity contribution is -0.139. The summed E-state index contributed by atoms with van der Waals surface area (Å²) < 4.78 is 33.5. The van der Waals surface area contributed by atoms with Gasteiger partial charge in [-0.2, -0.15) is 5.26 Å². The molecular formula is C23H32N4O4S. The van der Waals surface area contributed by atoms with Crippen LogP contribution in [0.5, 0.6) is 0 Å². The predicted octanol–water partition coefficient (Wildman–Crippen LogP) is 1.72. The van der Waals surface area contributed by atoms with Crippen LogP contribution in [0.4, 0.5) is 0 Å². The molecule has 0 radical (unpaired) electrons. The van der Waals surface area contributed by atoms with Gasteiger partial charge in [-0.15, -0.1) is 0 Å². The van der Waals surface area contributed by atoms with Gasteiger partial charge < -0.3 is 9.64 Å². The molecule has 1 amide bonds. The molecule has 1 N–H and O–H groups in total. The summed E-state index contributed by atoms with van der Waals surface area (Å²) in [6, 6.07) is 8.33. The number of carbonyl (C=O) groups is 1. The third-order valence-electron chi connectivity index (χ3n) is 7.03. The Kier molecular flexibility index (Phi) is 7.46. The van der Waals surface area contributed by atoms with Crippen molar-refractivity contribution in [1.29, 1.82) is 5.26 Å². The first-order valence-corrected chi connectivity index (χ1v) is 13.1. The van der Waals surface area contributed by atoms with Crippen molar-refractivity contribution in [3.8, 4) is 6.07 Å². The van der Waals surface area contributed by atoms with Crippen LogP contribution in [0.2, 0.25) is 0 Å². The Balaban J connectivity index is 1.23. The van der Waals surface area contributed by atoms with Crippen molar-refractivity contribution in [3.63, 3.8) is 0 Å². The third kappa shape index (κ3) is 5.49. The van der Waals surface area contributed by atoms with Gasteiger partial charge in [0.15, 0.2) is 0 Å². The molecule has 1 aromatic rings. The standard InChI is InChI=1S/C23H32N4O4S/c24-17-18-1-7-22(8-2-18)32(29,30)25-20-5-3-19(4-6-20)23(28)27-13-11-26(12-14-27)21-9-15-31-16-10-21/h1-2,7-8,19-21,25H,3-6,9-16H2. The zero-order valence-corrected chi connectivity index (χ0v) is 19.2. The molecule has 2 heterocycles. The van der Waals surface area contributed by atoms with Gasteiger partial charge in [0.1, 0.15) is 0 Å². The van der Waals surface area contributed by atoms with Crippen LogP contribution in [-0.2, 0) is 19.6 Å². The Hall–Kier alpha value is -1.99. The molecule has 3 fully saturated rings. The van der Waals surface area contributed by atoms with Gasteiger partial charge in [-0.05, 0) is 62.8 Å². The van der Waals surface area contributed by atoms with Crippen LogP contribution in [0, 0.1) is 17.2 Å². The molecule has 3 aliphatic rings. The summed E-state index contributed by atoms with van der Waals surface area (Å²) >= 11 is 0. The van der Waals surface area contributed by atoms with E-state index in [0.717, 1.165) is 52.2 Å². The molecule has 32 heavy (non-hydrogen) atoms. The van der Waals surface area contributed by atoms with Crippen molar-refractivity contribution in [2.45, 2.75) is 55.5 Å². The van der Waals surface area contributed by atoms with Gasteiger partial charge in [-0.25, -0.2) is 13.1 Å². The smallest absolute Gasteiger partial charge is 0.240 e. The molecular weight excluding hydrogens is 428 g/mol. The number of nitrogens with zero attached hydrogens (tertiary/aromatic N) is 3. The van der Waals surface area contributed by atoms with E-state index in [2.05, 4.69) is 9.62 Å². The number of nitrogens with one attached hydrogen (secondary N) is 1. The summed E-state index contributed by atoms with van der Waals surface area (Å²) in [5, 5.41) is 8.88. The molecule has 4 rings (SSSR count). The summed E-state index contributed by atoms with van der Waals surface area (Å²) in [6.07, 6.45) is 4.90. The van der Waals surface area contributed by atoms with Gasteiger partial charge >= 0.3 is 0 Å². The molecule has 2 aliphatic heterocycles. The average Bonchev–Trinajstić information content (AvgIpc) is 2.84. The first kappa shape index (κ1) is 23.2. The second-order valence-corrected chi connectivity index (χ2v) is 10.7. The maximum Gasteiger partial charge on any atom is 0.240 e. The number of benzene rings is 1. The molecule has 0 aromatic heterocycles. The summed E-state index contributed by atoms with van der Waals surface area (Å²) in [5.41, 5.74) is 0.427. The molecule has 2 saturated heterocycles. The molecule has 174 valence electrons. The number of rotatable bonds is 5. The number of hydrogen-bond donors (Lipinski definition) is 1. The summed E-state index contributed by atoms with van der Waals surface area (Å²) in [4.78, 5) is 17.7. The number of ether oxygens (including phenoxy) is 1. The van der Waals surface area contributed by atoms with Gasteiger partial charge in [0.05, 0.1) is 16.5 Å².